The van der Waals surface area contributed by atoms with Gasteiger partial charge in [-0.3, -0.25) is 0 Å². The maximum absolute atomic E-state index is 12.4. The van der Waals surface area contributed by atoms with Crippen LogP contribution in [0.5, 0.6) is 0 Å². The Kier molecular flexibility index (Phi) is 7.33. The molecule has 0 spiro atoms. The van der Waals surface area contributed by atoms with Crippen molar-refractivity contribution < 1.29 is 19.7 Å². The Morgan fingerprint density at radius 1 is 1.00 bits per heavy atom. The quantitative estimate of drug-likeness (QED) is 0.376. The van der Waals surface area contributed by atoms with Gasteiger partial charge in [0.1, 0.15) is 5.60 Å². The lowest BCUT2D eigenvalue weighted by Gasteiger charge is -2.59. The molecular formula is C33H55NO4. The molecule has 5 nitrogen and oxygen atoms in total. The van der Waals surface area contributed by atoms with Crippen molar-refractivity contribution in [2.75, 3.05) is 13.1 Å². The molecule has 3 saturated carbocycles. The molecule has 0 radical (unpaired) electrons. The summed E-state index contributed by atoms with van der Waals surface area (Å²) in [5.41, 5.74) is 0.643. The maximum Gasteiger partial charge on any atom is 0.410 e. The molecule has 216 valence electrons. The Balaban J connectivity index is 1.15. The Morgan fingerprint density at radius 3 is 2.39 bits per heavy atom. The molecule has 38 heavy (non-hydrogen) atoms. The first kappa shape index (κ1) is 28.5. The highest BCUT2D eigenvalue weighted by atomic mass is 16.6. The highest BCUT2D eigenvalue weighted by Gasteiger charge is 2.59. The SMILES string of the molecule is CC(C)(C)OC(=O)N1CCC(O)(CCCC2CCC3C4CC=C5C[C@@](C)(O)CCC5(C)C4CCC23C)CC1. The summed E-state index contributed by atoms with van der Waals surface area (Å²) in [6, 6.07) is 0. The van der Waals surface area contributed by atoms with Crippen LogP contribution in [0.25, 0.3) is 0 Å². The molecule has 2 N–H and O–H groups in total. The summed E-state index contributed by atoms with van der Waals surface area (Å²) >= 11 is 0. The van der Waals surface area contributed by atoms with Crippen molar-refractivity contribution in [3.8, 4) is 0 Å². The summed E-state index contributed by atoms with van der Waals surface area (Å²) in [5, 5.41) is 22.0. The van der Waals surface area contributed by atoms with Crippen molar-refractivity contribution in [3.63, 3.8) is 0 Å². The number of hydrogen-bond acceptors (Lipinski definition) is 4. The predicted molar refractivity (Wildman–Crippen MR) is 152 cm³/mol. The van der Waals surface area contributed by atoms with Crippen LogP contribution in [0.3, 0.4) is 0 Å². The van der Waals surface area contributed by atoms with E-state index in [4.69, 9.17) is 4.74 Å². The summed E-state index contributed by atoms with van der Waals surface area (Å²) in [4.78, 5) is 14.2. The van der Waals surface area contributed by atoms with Crippen LogP contribution in [0.4, 0.5) is 4.79 Å². The van der Waals surface area contributed by atoms with E-state index in [-0.39, 0.29) is 6.09 Å². The number of carbonyl (C=O) groups is 1. The van der Waals surface area contributed by atoms with E-state index in [2.05, 4.69) is 19.9 Å². The third-order valence-corrected chi connectivity index (χ3v) is 12.1. The molecule has 0 aromatic rings. The van der Waals surface area contributed by atoms with Gasteiger partial charge in [-0.1, -0.05) is 31.9 Å². The van der Waals surface area contributed by atoms with E-state index in [1.807, 2.05) is 27.7 Å². The number of fused-ring (bicyclic) bond motifs is 5. The van der Waals surface area contributed by atoms with Crippen molar-refractivity contribution in [1.29, 1.82) is 0 Å². The summed E-state index contributed by atoms with van der Waals surface area (Å²) < 4.78 is 5.53. The van der Waals surface area contributed by atoms with Crippen LogP contribution in [0.2, 0.25) is 0 Å². The zero-order valence-corrected chi connectivity index (χ0v) is 25.2. The van der Waals surface area contributed by atoms with Crippen molar-refractivity contribution in [2.24, 2.45) is 34.5 Å². The number of nitrogens with zero attached hydrogens (tertiary/aromatic N) is 1. The molecule has 0 aromatic carbocycles. The molecular weight excluding hydrogens is 474 g/mol. The van der Waals surface area contributed by atoms with Gasteiger partial charge in [0, 0.05) is 13.1 Å². The van der Waals surface area contributed by atoms with Crippen molar-refractivity contribution >= 4 is 6.09 Å². The smallest absolute Gasteiger partial charge is 0.410 e. The minimum Gasteiger partial charge on any atom is -0.444 e. The zero-order valence-electron chi connectivity index (χ0n) is 25.2. The van der Waals surface area contributed by atoms with Gasteiger partial charge in [-0.2, -0.15) is 0 Å². The van der Waals surface area contributed by atoms with Crippen LogP contribution in [-0.2, 0) is 4.74 Å². The number of amides is 1. The van der Waals surface area contributed by atoms with E-state index in [0.29, 0.717) is 36.8 Å². The molecule has 1 heterocycles. The predicted octanol–water partition coefficient (Wildman–Crippen LogP) is 7.25. The molecule has 1 saturated heterocycles. The number of rotatable bonds is 4. The highest BCUT2D eigenvalue weighted by molar-refractivity contribution is 5.68. The fourth-order valence-electron chi connectivity index (χ4n) is 9.75. The molecule has 4 fully saturated rings. The van der Waals surface area contributed by atoms with Crippen molar-refractivity contribution in [2.45, 2.75) is 142 Å². The van der Waals surface area contributed by atoms with E-state index in [0.717, 1.165) is 55.8 Å². The van der Waals surface area contributed by atoms with Gasteiger partial charge in [-0.05, 0) is 139 Å². The number of piperidine rings is 1. The van der Waals surface area contributed by atoms with Gasteiger partial charge in [-0.15, -0.1) is 0 Å². The van der Waals surface area contributed by atoms with Gasteiger partial charge in [0.25, 0.3) is 0 Å². The fourth-order valence-corrected chi connectivity index (χ4v) is 9.75. The Labute approximate surface area is 231 Å². The van der Waals surface area contributed by atoms with E-state index >= 15 is 0 Å². The van der Waals surface area contributed by atoms with Crippen molar-refractivity contribution in [3.05, 3.63) is 11.6 Å². The number of carbonyl (C=O) groups excluding carboxylic acids is 1. The summed E-state index contributed by atoms with van der Waals surface area (Å²) in [6.45, 7) is 14.0. The van der Waals surface area contributed by atoms with Crippen LogP contribution in [0, 0.1) is 34.5 Å². The summed E-state index contributed by atoms with van der Waals surface area (Å²) in [7, 11) is 0. The molecule has 4 aliphatic carbocycles. The molecule has 0 aromatic heterocycles. The molecule has 0 bridgehead atoms. The number of likely N-dealkylation sites (tertiary alicyclic amines) is 1. The van der Waals surface area contributed by atoms with E-state index in [9.17, 15) is 15.0 Å². The average molecular weight is 530 g/mol. The van der Waals surface area contributed by atoms with Crippen LogP contribution in [-0.4, -0.2) is 51.1 Å². The lowest BCUT2D eigenvalue weighted by Crippen LogP contribution is -2.51. The first-order valence-electron chi connectivity index (χ1n) is 15.8. The van der Waals surface area contributed by atoms with Gasteiger partial charge < -0.3 is 19.8 Å². The first-order chi connectivity index (χ1) is 17.6. The number of hydrogen-bond donors (Lipinski definition) is 2. The van der Waals surface area contributed by atoms with Crippen LogP contribution >= 0.6 is 0 Å². The Hall–Kier alpha value is -1.07. The largest absolute Gasteiger partial charge is 0.444 e. The highest BCUT2D eigenvalue weighted by Crippen LogP contribution is 2.67. The van der Waals surface area contributed by atoms with E-state index in [1.165, 1.54) is 38.5 Å². The van der Waals surface area contributed by atoms with Gasteiger partial charge in [0.05, 0.1) is 11.2 Å². The monoisotopic (exact) mass is 529 g/mol. The molecule has 5 heteroatoms. The number of allylic oxidation sites excluding steroid dienone is 1. The normalized spacial score (nSPS) is 42.5. The van der Waals surface area contributed by atoms with Crippen LogP contribution in [0.15, 0.2) is 11.6 Å². The molecule has 1 aliphatic heterocycles. The van der Waals surface area contributed by atoms with Crippen LogP contribution in [0.1, 0.15) is 125 Å². The summed E-state index contributed by atoms with van der Waals surface area (Å²) in [5.74, 6) is 3.18. The summed E-state index contributed by atoms with van der Waals surface area (Å²) in [6.07, 6.45) is 16.3. The third-order valence-electron chi connectivity index (χ3n) is 12.1. The Morgan fingerprint density at radius 2 is 1.71 bits per heavy atom. The minimum absolute atomic E-state index is 0.253. The second-order valence-electron chi connectivity index (χ2n) is 15.8. The minimum atomic E-state index is -0.642. The molecule has 6 unspecified atom stereocenters. The maximum atomic E-state index is 12.4. The van der Waals surface area contributed by atoms with E-state index < -0.39 is 16.8 Å². The van der Waals surface area contributed by atoms with E-state index in [1.54, 1.807) is 10.5 Å². The second-order valence-corrected chi connectivity index (χ2v) is 15.8. The van der Waals surface area contributed by atoms with Gasteiger partial charge >= 0.3 is 6.09 Å². The average Bonchev–Trinajstić information content (AvgIpc) is 3.15. The van der Waals surface area contributed by atoms with Gasteiger partial charge in [0.2, 0.25) is 0 Å². The first-order valence-corrected chi connectivity index (χ1v) is 15.8. The van der Waals surface area contributed by atoms with Crippen LogP contribution < -0.4 is 0 Å². The van der Waals surface area contributed by atoms with Gasteiger partial charge in [-0.25, -0.2) is 4.79 Å². The lowest BCUT2D eigenvalue weighted by molar-refractivity contribution is -0.0674. The number of ether oxygens (including phenoxy) is 1. The second kappa shape index (κ2) is 9.79. The molecule has 5 aliphatic rings. The standard InChI is InChI=1S/C33H55NO4/c1-29(2,3)38-28(35)34-20-18-33(37,19-21-34)14-7-8-23-10-12-26-25-11-9-24-22-30(4,36)16-17-32(24,6)27(25)13-15-31(23,26)5/h9,23,25-27,36-37H,7-8,10-22H2,1-6H3/t23?,25?,26?,27?,30-,31?,32?/m0/s1. The zero-order chi connectivity index (χ0) is 27.6. The Bertz CT molecular complexity index is 926. The van der Waals surface area contributed by atoms with Gasteiger partial charge in [0.15, 0.2) is 0 Å². The lowest BCUT2D eigenvalue weighted by atomic mass is 9.46. The fraction of sp³-hybridized carbons (Fsp3) is 0.909. The number of aliphatic hydroxyl groups is 2. The molecule has 5 rings (SSSR count). The topological polar surface area (TPSA) is 70.0 Å². The third kappa shape index (κ3) is 5.32. The molecule has 7 atom stereocenters. The van der Waals surface area contributed by atoms with Crippen molar-refractivity contribution in [1.82, 2.24) is 4.90 Å². The molecule has 1 amide bonds.